The third kappa shape index (κ3) is 4.49. The first-order chi connectivity index (χ1) is 13.5. The minimum absolute atomic E-state index is 0.0983. The Morgan fingerprint density at radius 1 is 1.11 bits per heavy atom. The van der Waals surface area contributed by atoms with Gasteiger partial charge in [0.05, 0.1) is 13.0 Å². The van der Waals surface area contributed by atoms with E-state index in [9.17, 15) is 14.4 Å². The molecular formula is C21H23N3O4. The predicted molar refractivity (Wildman–Crippen MR) is 107 cm³/mol. The second-order valence-electron chi connectivity index (χ2n) is 6.58. The molecule has 1 aliphatic rings. The Kier molecular flexibility index (Phi) is 5.93. The van der Waals surface area contributed by atoms with E-state index in [0.29, 0.717) is 35.8 Å². The van der Waals surface area contributed by atoms with Gasteiger partial charge in [0.25, 0.3) is 0 Å². The van der Waals surface area contributed by atoms with Gasteiger partial charge in [-0.2, -0.15) is 0 Å². The zero-order valence-electron chi connectivity index (χ0n) is 15.9. The van der Waals surface area contributed by atoms with Crippen molar-refractivity contribution in [3.63, 3.8) is 0 Å². The molecule has 2 aromatic rings. The van der Waals surface area contributed by atoms with Crippen molar-refractivity contribution in [1.82, 2.24) is 0 Å². The normalized spacial score (nSPS) is 16.0. The third-order valence-electron chi connectivity index (χ3n) is 4.60. The Morgan fingerprint density at radius 3 is 2.54 bits per heavy atom. The Labute approximate surface area is 163 Å². The van der Waals surface area contributed by atoms with E-state index < -0.39 is 5.92 Å². The molecule has 1 unspecified atom stereocenters. The summed E-state index contributed by atoms with van der Waals surface area (Å²) in [5.74, 6) is -0.217. The molecule has 7 heteroatoms. The van der Waals surface area contributed by atoms with Gasteiger partial charge < -0.3 is 20.3 Å². The van der Waals surface area contributed by atoms with E-state index in [1.807, 2.05) is 12.1 Å². The molecule has 1 aliphatic heterocycles. The number of amides is 3. The van der Waals surface area contributed by atoms with Crippen LogP contribution in [-0.2, 0) is 14.4 Å². The fourth-order valence-corrected chi connectivity index (χ4v) is 3.08. The first-order valence-electron chi connectivity index (χ1n) is 9.15. The molecule has 0 radical (unpaired) electrons. The van der Waals surface area contributed by atoms with Crippen LogP contribution >= 0.6 is 0 Å². The highest BCUT2D eigenvalue weighted by Crippen LogP contribution is 2.28. The average Bonchev–Trinajstić information content (AvgIpc) is 3.10. The molecule has 146 valence electrons. The van der Waals surface area contributed by atoms with Crippen LogP contribution in [0.25, 0.3) is 0 Å². The average molecular weight is 381 g/mol. The second-order valence-corrected chi connectivity index (χ2v) is 6.58. The molecule has 2 aromatic carbocycles. The van der Waals surface area contributed by atoms with Crippen LogP contribution < -0.4 is 20.3 Å². The van der Waals surface area contributed by atoms with Crippen molar-refractivity contribution < 1.29 is 19.1 Å². The number of ether oxygens (including phenoxy) is 1. The number of rotatable bonds is 6. The Bertz CT molecular complexity index is 897. The van der Waals surface area contributed by atoms with Crippen molar-refractivity contribution in [2.75, 3.05) is 29.2 Å². The quantitative estimate of drug-likeness (QED) is 0.805. The summed E-state index contributed by atoms with van der Waals surface area (Å²) >= 11 is 0. The molecule has 7 nitrogen and oxygen atoms in total. The van der Waals surface area contributed by atoms with Crippen LogP contribution in [-0.4, -0.2) is 31.4 Å². The van der Waals surface area contributed by atoms with Crippen molar-refractivity contribution in [2.24, 2.45) is 5.92 Å². The highest BCUT2D eigenvalue weighted by Gasteiger charge is 2.35. The fraction of sp³-hybridized carbons (Fsp3) is 0.286. The highest BCUT2D eigenvalue weighted by atomic mass is 16.5. The zero-order valence-corrected chi connectivity index (χ0v) is 15.9. The molecule has 3 rings (SSSR count). The molecule has 28 heavy (non-hydrogen) atoms. The lowest BCUT2D eigenvalue weighted by Gasteiger charge is -2.17. The van der Waals surface area contributed by atoms with Crippen LogP contribution in [0.3, 0.4) is 0 Å². The first-order valence-corrected chi connectivity index (χ1v) is 9.15. The zero-order chi connectivity index (χ0) is 20.1. The maximum absolute atomic E-state index is 12.6. The Morgan fingerprint density at radius 2 is 1.82 bits per heavy atom. The summed E-state index contributed by atoms with van der Waals surface area (Å²) < 4.78 is 5.20. The molecule has 1 saturated heterocycles. The molecule has 0 saturated carbocycles. The van der Waals surface area contributed by atoms with E-state index in [1.54, 1.807) is 55.3 Å². The standard InChI is InChI=1S/C21H23N3O4/c1-3-19(25)22-15-6-4-7-16(11-15)23-21(27)14-10-20(26)24(13-14)17-8-5-9-18(12-17)28-2/h4-9,11-12,14H,3,10,13H2,1-2H3,(H,22,25)(H,23,27). The summed E-state index contributed by atoms with van der Waals surface area (Å²) in [5.41, 5.74) is 1.90. The second kappa shape index (κ2) is 8.56. The van der Waals surface area contributed by atoms with Crippen molar-refractivity contribution in [3.8, 4) is 5.75 Å². The maximum atomic E-state index is 12.6. The van der Waals surface area contributed by atoms with Gasteiger partial charge in [-0.3, -0.25) is 14.4 Å². The van der Waals surface area contributed by atoms with E-state index in [0.717, 1.165) is 0 Å². The van der Waals surface area contributed by atoms with Gasteiger partial charge in [0, 0.05) is 42.5 Å². The Balaban J connectivity index is 1.66. The van der Waals surface area contributed by atoms with Gasteiger partial charge in [0.2, 0.25) is 17.7 Å². The summed E-state index contributed by atoms with van der Waals surface area (Å²) in [6.07, 6.45) is 0.524. The molecule has 3 amide bonds. The number of nitrogens with zero attached hydrogens (tertiary/aromatic N) is 1. The molecule has 0 aliphatic carbocycles. The van der Waals surface area contributed by atoms with E-state index in [1.165, 1.54) is 0 Å². The van der Waals surface area contributed by atoms with E-state index in [2.05, 4.69) is 10.6 Å². The highest BCUT2D eigenvalue weighted by molar-refractivity contribution is 6.03. The number of anilines is 3. The lowest BCUT2D eigenvalue weighted by atomic mass is 10.1. The van der Waals surface area contributed by atoms with Gasteiger partial charge in [-0.25, -0.2) is 0 Å². The summed E-state index contributed by atoms with van der Waals surface area (Å²) in [5, 5.41) is 5.59. The summed E-state index contributed by atoms with van der Waals surface area (Å²) in [6, 6.07) is 14.2. The fourth-order valence-electron chi connectivity index (χ4n) is 3.08. The number of nitrogens with one attached hydrogen (secondary N) is 2. The lowest BCUT2D eigenvalue weighted by Crippen LogP contribution is -2.28. The van der Waals surface area contributed by atoms with E-state index in [-0.39, 0.29) is 24.1 Å². The SMILES string of the molecule is CCC(=O)Nc1cccc(NC(=O)C2CC(=O)N(c3cccc(OC)c3)C2)c1. The minimum Gasteiger partial charge on any atom is -0.497 e. The number of carbonyl (C=O) groups excluding carboxylic acids is 3. The monoisotopic (exact) mass is 381 g/mol. The summed E-state index contributed by atoms with van der Waals surface area (Å²) in [4.78, 5) is 38.2. The van der Waals surface area contributed by atoms with E-state index >= 15 is 0 Å². The molecule has 2 N–H and O–H groups in total. The molecule has 0 aromatic heterocycles. The van der Waals surface area contributed by atoms with Crippen molar-refractivity contribution >= 4 is 34.8 Å². The van der Waals surface area contributed by atoms with Crippen LogP contribution in [0.2, 0.25) is 0 Å². The summed E-state index contributed by atoms with van der Waals surface area (Å²) in [7, 11) is 1.57. The van der Waals surface area contributed by atoms with Gasteiger partial charge in [0.15, 0.2) is 0 Å². The van der Waals surface area contributed by atoms with Crippen molar-refractivity contribution in [1.29, 1.82) is 0 Å². The van der Waals surface area contributed by atoms with Crippen LogP contribution in [0.4, 0.5) is 17.1 Å². The number of hydrogen-bond donors (Lipinski definition) is 2. The van der Waals surface area contributed by atoms with E-state index in [4.69, 9.17) is 4.74 Å². The number of benzene rings is 2. The smallest absolute Gasteiger partial charge is 0.229 e. The molecule has 1 atom stereocenters. The predicted octanol–water partition coefficient (Wildman–Crippen LogP) is 3.04. The number of hydrogen-bond acceptors (Lipinski definition) is 4. The number of methoxy groups -OCH3 is 1. The first kappa shape index (κ1) is 19.4. The number of carbonyl (C=O) groups is 3. The molecule has 1 fully saturated rings. The topological polar surface area (TPSA) is 87.7 Å². The van der Waals surface area contributed by atoms with Gasteiger partial charge in [-0.15, -0.1) is 0 Å². The van der Waals surface area contributed by atoms with Gasteiger partial charge >= 0.3 is 0 Å². The molecular weight excluding hydrogens is 358 g/mol. The third-order valence-corrected chi connectivity index (χ3v) is 4.60. The van der Waals surface area contributed by atoms with Gasteiger partial charge in [0.1, 0.15) is 5.75 Å². The van der Waals surface area contributed by atoms with Gasteiger partial charge in [-0.05, 0) is 30.3 Å². The van der Waals surface area contributed by atoms with Crippen LogP contribution in [0.15, 0.2) is 48.5 Å². The minimum atomic E-state index is -0.451. The van der Waals surface area contributed by atoms with Crippen molar-refractivity contribution in [2.45, 2.75) is 19.8 Å². The van der Waals surface area contributed by atoms with Crippen molar-refractivity contribution in [3.05, 3.63) is 48.5 Å². The molecule has 0 spiro atoms. The van der Waals surface area contributed by atoms with Gasteiger partial charge in [-0.1, -0.05) is 19.1 Å². The molecule has 0 bridgehead atoms. The maximum Gasteiger partial charge on any atom is 0.229 e. The van der Waals surface area contributed by atoms with Crippen LogP contribution in [0.1, 0.15) is 19.8 Å². The van der Waals surface area contributed by atoms with Crippen LogP contribution in [0.5, 0.6) is 5.75 Å². The lowest BCUT2D eigenvalue weighted by molar-refractivity contribution is -0.122. The largest absolute Gasteiger partial charge is 0.497 e. The summed E-state index contributed by atoms with van der Waals surface area (Å²) in [6.45, 7) is 2.08. The molecule has 1 heterocycles. The Hall–Kier alpha value is -3.35. The van der Waals surface area contributed by atoms with Crippen LogP contribution in [0, 0.1) is 5.92 Å².